The van der Waals surface area contributed by atoms with E-state index in [2.05, 4.69) is 16.0 Å². The maximum absolute atomic E-state index is 12.6. The number of nitrogens with two attached hydrogens (primary N) is 1. The molecule has 0 aliphatic rings. The molecule has 0 spiro atoms. The number of aryl methyl sites for hydroxylation is 1. The van der Waals surface area contributed by atoms with Crippen molar-refractivity contribution in [2.24, 2.45) is 5.73 Å². The van der Waals surface area contributed by atoms with Crippen molar-refractivity contribution in [3.8, 4) is 5.75 Å². The van der Waals surface area contributed by atoms with Gasteiger partial charge in [0.05, 0.1) is 0 Å². The predicted molar refractivity (Wildman–Crippen MR) is 107 cm³/mol. The molecule has 0 aliphatic carbocycles. The molecule has 0 bridgehead atoms. The lowest BCUT2D eigenvalue weighted by Crippen LogP contribution is -2.45. The number of hydrogen-bond acceptors (Lipinski definition) is 4. The molecule has 7 nitrogen and oxygen atoms in total. The van der Waals surface area contributed by atoms with Crippen LogP contribution in [0.1, 0.15) is 24.8 Å². The van der Waals surface area contributed by atoms with Crippen LogP contribution < -0.4 is 21.7 Å². The van der Waals surface area contributed by atoms with Crippen LogP contribution in [-0.2, 0) is 4.79 Å². The van der Waals surface area contributed by atoms with Gasteiger partial charge >= 0.3 is 6.03 Å². The van der Waals surface area contributed by atoms with Gasteiger partial charge in [-0.1, -0.05) is 17.7 Å². The lowest BCUT2D eigenvalue weighted by atomic mass is 10.1. The minimum Gasteiger partial charge on any atom is -0.508 e. The van der Waals surface area contributed by atoms with Crippen LogP contribution in [0.4, 0.5) is 16.2 Å². The number of hydrogen-bond donors (Lipinski definition) is 5. The predicted octanol–water partition coefficient (Wildman–Crippen LogP) is 2.96. The summed E-state index contributed by atoms with van der Waals surface area (Å²) in [5.41, 5.74) is 7.81. The summed E-state index contributed by atoms with van der Waals surface area (Å²) in [6, 6.07) is 12.4. The maximum atomic E-state index is 12.6. The molecule has 2 aromatic rings. The standard InChI is InChI=1S/C20H26N4O3/c1-14-5-7-15(8-6-14)22-19(26)18(4-2-3-13-21)24-20(27)23-16-9-11-17(25)12-10-16/h5-12,18,25H,2-4,13,21H2,1H3,(H,22,26)(H2,23,24,27)/t18-/m0/s1. The van der Waals surface area contributed by atoms with E-state index in [9.17, 15) is 14.7 Å². The van der Waals surface area contributed by atoms with Crippen molar-refractivity contribution >= 4 is 23.3 Å². The van der Waals surface area contributed by atoms with Crippen molar-refractivity contribution in [2.45, 2.75) is 32.2 Å². The van der Waals surface area contributed by atoms with Crippen molar-refractivity contribution in [1.29, 1.82) is 0 Å². The Balaban J connectivity index is 1.98. The molecule has 2 aromatic carbocycles. The number of carbonyl (C=O) groups excluding carboxylic acids is 2. The fourth-order valence-corrected chi connectivity index (χ4v) is 2.50. The van der Waals surface area contributed by atoms with E-state index in [1.54, 1.807) is 12.1 Å². The first-order valence-corrected chi connectivity index (χ1v) is 8.92. The summed E-state index contributed by atoms with van der Waals surface area (Å²) in [7, 11) is 0. The molecule has 6 N–H and O–H groups in total. The molecule has 1 atom stereocenters. The van der Waals surface area contributed by atoms with Gasteiger partial charge in [0, 0.05) is 11.4 Å². The summed E-state index contributed by atoms with van der Waals surface area (Å²) in [5, 5.41) is 17.5. The first-order valence-electron chi connectivity index (χ1n) is 8.92. The number of amides is 3. The Morgan fingerprint density at radius 3 is 2.19 bits per heavy atom. The van der Waals surface area contributed by atoms with Crippen molar-refractivity contribution in [2.75, 3.05) is 17.2 Å². The number of unbranched alkanes of at least 4 members (excludes halogenated alkanes) is 1. The fraction of sp³-hybridized carbons (Fsp3) is 0.300. The summed E-state index contributed by atoms with van der Waals surface area (Å²) in [4.78, 5) is 24.9. The van der Waals surface area contributed by atoms with Gasteiger partial charge in [0.15, 0.2) is 0 Å². The second-order valence-corrected chi connectivity index (χ2v) is 6.34. The largest absolute Gasteiger partial charge is 0.508 e. The minimum atomic E-state index is -0.685. The highest BCUT2D eigenvalue weighted by Crippen LogP contribution is 2.14. The van der Waals surface area contributed by atoms with Crippen LogP contribution in [-0.4, -0.2) is 29.6 Å². The quantitative estimate of drug-likeness (QED) is 0.363. The average molecular weight is 370 g/mol. The van der Waals surface area contributed by atoms with Gasteiger partial charge in [0.2, 0.25) is 5.91 Å². The van der Waals surface area contributed by atoms with Crippen LogP contribution in [0.5, 0.6) is 5.75 Å². The molecule has 144 valence electrons. The summed E-state index contributed by atoms with van der Waals surface area (Å²) in [5.74, 6) is -0.171. The van der Waals surface area contributed by atoms with E-state index in [0.29, 0.717) is 24.3 Å². The minimum absolute atomic E-state index is 0.109. The Kier molecular flexibility index (Phi) is 7.63. The van der Waals surface area contributed by atoms with Crippen molar-refractivity contribution in [3.63, 3.8) is 0 Å². The number of phenols is 1. The zero-order valence-electron chi connectivity index (χ0n) is 15.4. The van der Waals surface area contributed by atoms with E-state index in [1.165, 1.54) is 12.1 Å². The molecule has 0 aromatic heterocycles. The van der Waals surface area contributed by atoms with Gasteiger partial charge in [-0.25, -0.2) is 4.79 Å². The number of aromatic hydroxyl groups is 1. The molecule has 0 saturated heterocycles. The summed E-state index contributed by atoms with van der Waals surface area (Å²) >= 11 is 0. The smallest absolute Gasteiger partial charge is 0.319 e. The monoisotopic (exact) mass is 370 g/mol. The second kappa shape index (κ2) is 10.2. The highest BCUT2D eigenvalue weighted by molar-refractivity contribution is 5.99. The Morgan fingerprint density at radius 1 is 0.963 bits per heavy atom. The fourth-order valence-electron chi connectivity index (χ4n) is 2.50. The molecule has 0 unspecified atom stereocenters. The van der Waals surface area contributed by atoms with Crippen LogP contribution in [0.25, 0.3) is 0 Å². The number of carbonyl (C=O) groups is 2. The first kappa shape index (κ1) is 20.3. The van der Waals surface area contributed by atoms with Gasteiger partial charge in [-0.3, -0.25) is 4.79 Å². The zero-order valence-corrected chi connectivity index (χ0v) is 15.4. The Hall–Kier alpha value is -3.06. The Morgan fingerprint density at radius 2 is 1.56 bits per heavy atom. The van der Waals surface area contributed by atoms with Gasteiger partial charge in [-0.2, -0.15) is 0 Å². The third-order valence-corrected chi connectivity index (χ3v) is 4.01. The highest BCUT2D eigenvalue weighted by atomic mass is 16.3. The molecule has 0 saturated carbocycles. The number of anilines is 2. The van der Waals surface area contributed by atoms with Crippen LogP contribution in [0, 0.1) is 6.92 Å². The third kappa shape index (κ3) is 6.99. The molecule has 27 heavy (non-hydrogen) atoms. The average Bonchev–Trinajstić information content (AvgIpc) is 2.65. The summed E-state index contributed by atoms with van der Waals surface area (Å²) in [6.45, 7) is 2.50. The van der Waals surface area contributed by atoms with E-state index in [-0.39, 0.29) is 11.7 Å². The molecule has 2 rings (SSSR count). The van der Waals surface area contributed by atoms with Crippen molar-refractivity contribution in [1.82, 2.24) is 5.32 Å². The van der Waals surface area contributed by atoms with E-state index in [1.807, 2.05) is 31.2 Å². The lowest BCUT2D eigenvalue weighted by molar-refractivity contribution is -0.118. The molecular weight excluding hydrogens is 344 g/mol. The summed E-state index contributed by atoms with van der Waals surface area (Å²) in [6.07, 6.45) is 1.98. The van der Waals surface area contributed by atoms with Gasteiger partial charge in [-0.05, 0) is 69.1 Å². The number of urea groups is 1. The molecule has 0 fully saturated rings. The zero-order chi connectivity index (χ0) is 19.6. The van der Waals surface area contributed by atoms with Crippen LogP contribution in [0.3, 0.4) is 0 Å². The van der Waals surface area contributed by atoms with Gasteiger partial charge < -0.3 is 26.8 Å². The van der Waals surface area contributed by atoms with Crippen molar-refractivity contribution < 1.29 is 14.7 Å². The molecule has 3 amide bonds. The highest BCUT2D eigenvalue weighted by Gasteiger charge is 2.20. The third-order valence-electron chi connectivity index (χ3n) is 4.01. The molecule has 0 heterocycles. The van der Waals surface area contributed by atoms with Gasteiger partial charge in [0.25, 0.3) is 0 Å². The molecule has 0 aliphatic heterocycles. The van der Waals surface area contributed by atoms with Crippen molar-refractivity contribution in [3.05, 3.63) is 54.1 Å². The van der Waals surface area contributed by atoms with E-state index >= 15 is 0 Å². The number of phenolic OH excluding ortho intramolecular Hbond substituents is 1. The Labute approximate surface area is 159 Å². The summed E-state index contributed by atoms with van der Waals surface area (Å²) < 4.78 is 0. The molecule has 7 heteroatoms. The molecule has 0 radical (unpaired) electrons. The lowest BCUT2D eigenvalue weighted by Gasteiger charge is -2.19. The van der Waals surface area contributed by atoms with E-state index < -0.39 is 12.1 Å². The van der Waals surface area contributed by atoms with E-state index in [0.717, 1.165) is 18.4 Å². The second-order valence-electron chi connectivity index (χ2n) is 6.34. The number of rotatable bonds is 8. The maximum Gasteiger partial charge on any atom is 0.319 e. The first-order chi connectivity index (χ1) is 13.0. The number of benzene rings is 2. The van der Waals surface area contributed by atoms with E-state index in [4.69, 9.17) is 5.73 Å². The van der Waals surface area contributed by atoms with Crippen LogP contribution in [0.2, 0.25) is 0 Å². The Bertz CT molecular complexity index is 745. The van der Waals surface area contributed by atoms with Gasteiger partial charge in [0.1, 0.15) is 11.8 Å². The van der Waals surface area contributed by atoms with Gasteiger partial charge in [-0.15, -0.1) is 0 Å². The normalized spacial score (nSPS) is 11.5. The SMILES string of the molecule is Cc1ccc(NC(=O)[C@H](CCCCN)NC(=O)Nc2ccc(O)cc2)cc1. The van der Waals surface area contributed by atoms with Crippen LogP contribution in [0.15, 0.2) is 48.5 Å². The molecular formula is C20H26N4O3. The number of nitrogens with one attached hydrogen (secondary N) is 3. The van der Waals surface area contributed by atoms with Crippen LogP contribution >= 0.6 is 0 Å². The topological polar surface area (TPSA) is 116 Å².